The van der Waals surface area contributed by atoms with Gasteiger partial charge in [0.05, 0.1) is 12.1 Å². The van der Waals surface area contributed by atoms with Crippen LogP contribution in [0.4, 0.5) is 0 Å². The second kappa shape index (κ2) is 8.03. The topological polar surface area (TPSA) is 96.2 Å². The average molecular weight is 447 g/mol. The third-order valence-electron chi connectivity index (χ3n) is 5.61. The fourth-order valence-electron chi connectivity index (χ4n) is 3.83. The van der Waals surface area contributed by atoms with Crippen LogP contribution >= 0.6 is 11.6 Å². The summed E-state index contributed by atoms with van der Waals surface area (Å²) in [5, 5.41) is 21.8. The summed E-state index contributed by atoms with van der Waals surface area (Å²) in [4.78, 5) is 26.4. The van der Waals surface area contributed by atoms with Crippen LogP contribution in [0.2, 0.25) is 5.02 Å². The maximum atomic E-state index is 13.5. The van der Waals surface area contributed by atoms with E-state index in [2.05, 4.69) is 0 Å². The van der Waals surface area contributed by atoms with Crippen molar-refractivity contribution in [2.75, 3.05) is 0 Å². The number of aromatic hydroxyl groups is 1. The number of aryl methyl sites for hydroxylation is 2. The van der Waals surface area contributed by atoms with E-state index in [1.165, 1.54) is 6.92 Å². The van der Waals surface area contributed by atoms with Gasteiger partial charge in [0.2, 0.25) is 11.7 Å². The molecule has 0 aliphatic rings. The van der Waals surface area contributed by atoms with Crippen molar-refractivity contribution in [2.45, 2.75) is 27.3 Å². The Kier molecular flexibility index (Phi) is 5.37. The molecule has 0 amide bonds. The number of carbonyl (C=O) groups excluding carboxylic acids is 1. The third kappa shape index (κ3) is 3.37. The van der Waals surface area contributed by atoms with Gasteiger partial charge in [0.15, 0.2) is 5.76 Å². The highest BCUT2D eigenvalue weighted by atomic mass is 35.5. The van der Waals surface area contributed by atoms with E-state index in [1.54, 1.807) is 31.2 Å². The highest BCUT2D eigenvalue weighted by Gasteiger charge is 2.28. The second-order valence-corrected chi connectivity index (χ2v) is 8.09. The SMILES string of the molecule is Cc1ccc2c(C)c(C(=O)c3c(C)c(C#N)c(=O)n(Cc4ccccc4Cl)c3O)oc2c1. The number of carbonyl (C=O) groups is 1. The number of aromatic nitrogens is 1. The molecule has 160 valence electrons. The summed E-state index contributed by atoms with van der Waals surface area (Å²) in [6.45, 7) is 5.04. The summed E-state index contributed by atoms with van der Waals surface area (Å²) in [5.41, 5.74) is 1.74. The van der Waals surface area contributed by atoms with Crippen LogP contribution < -0.4 is 5.56 Å². The number of halogens is 1. The molecule has 1 N–H and O–H groups in total. The van der Waals surface area contributed by atoms with Crippen molar-refractivity contribution in [1.29, 1.82) is 5.26 Å². The predicted molar refractivity (Wildman–Crippen MR) is 121 cm³/mol. The molecule has 2 aromatic heterocycles. The third-order valence-corrected chi connectivity index (χ3v) is 5.98. The Balaban J connectivity index is 1.94. The van der Waals surface area contributed by atoms with Gasteiger partial charge in [0, 0.05) is 16.0 Å². The van der Waals surface area contributed by atoms with Crippen molar-refractivity contribution in [3.63, 3.8) is 0 Å². The first-order valence-corrected chi connectivity index (χ1v) is 10.3. The molecular formula is C25H19ClN2O4. The molecule has 0 saturated heterocycles. The molecule has 0 saturated carbocycles. The smallest absolute Gasteiger partial charge is 0.271 e. The van der Waals surface area contributed by atoms with Crippen LogP contribution in [-0.2, 0) is 6.54 Å². The molecular weight excluding hydrogens is 428 g/mol. The van der Waals surface area contributed by atoms with Crippen molar-refractivity contribution in [3.05, 3.63) is 97.0 Å². The maximum Gasteiger partial charge on any atom is 0.271 e. The molecule has 0 fully saturated rings. The van der Waals surface area contributed by atoms with Crippen LogP contribution in [0.1, 0.15) is 43.9 Å². The van der Waals surface area contributed by atoms with Gasteiger partial charge in [-0.1, -0.05) is 41.9 Å². The van der Waals surface area contributed by atoms with Gasteiger partial charge in [0.25, 0.3) is 5.56 Å². The van der Waals surface area contributed by atoms with Crippen LogP contribution in [0, 0.1) is 32.1 Å². The number of hydrogen-bond acceptors (Lipinski definition) is 5. The minimum absolute atomic E-state index is 0.0517. The van der Waals surface area contributed by atoms with Gasteiger partial charge < -0.3 is 9.52 Å². The summed E-state index contributed by atoms with van der Waals surface area (Å²) in [6.07, 6.45) is 0. The lowest BCUT2D eigenvalue weighted by Gasteiger charge is -2.15. The second-order valence-electron chi connectivity index (χ2n) is 7.68. The van der Waals surface area contributed by atoms with Gasteiger partial charge in [-0.05, 0) is 49.6 Å². The number of hydrogen-bond donors (Lipinski definition) is 1. The molecule has 0 unspecified atom stereocenters. The van der Waals surface area contributed by atoms with E-state index in [1.807, 2.05) is 31.2 Å². The van der Waals surface area contributed by atoms with Gasteiger partial charge in [-0.3, -0.25) is 14.2 Å². The van der Waals surface area contributed by atoms with E-state index in [9.17, 15) is 20.0 Å². The Morgan fingerprint density at radius 1 is 1.16 bits per heavy atom. The Hall–Kier alpha value is -3.82. The number of benzene rings is 2. The zero-order chi connectivity index (χ0) is 23.2. The van der Waals surface area contributed by atoms with Gasteiger partial charge in [-0.2, -0.15) is 5.26 Å². The number of nitrogens with zero attached hydrogens (tertiary/aromatic N) is 2. The number of nitriles is 1. The van der Waals surface area contributed by atoms with Gasteiger partial charge in [-0.15, -0.1) is 0 Å². The van der Waals surface area contributed by atoms with Crippen LogP contribution in [-0.4, -0.2) is 15.5 Å². The summed E-state index contributed by atoms with van der Waals surface area (Å²) in [5.74, 6) is -1.08. The Morgan fingerprint density at radius 3 is 2.56 bits per heavy atom. The van der Waals surface area contributed by atoms with Crippen LogP contribution in [0.25, 0.3) is 11.0 Å². The number of furan rings is 1. The number of fused-ring (bicyclic) bond motifs is 1. The van der Waals surface area contributed by atoms with Crippen LogP contribution in [0.15, 0.2) is 51.7 Å². The highest BCUT2D eigenvalue weighted by molar-refractivity contribution is 6.31. The van der Waals surface area contributed by atoms with Crippen LogP contribution in [0.5, 0.6) is 5.88 Å². The number of rotatable bonds is 4. The van der Waals surface area contributed by atoms with E-state index < -0.39 is 17.2 Å². The summed E-state index contributed by atoms with van der Waals surface area (Å²) < 4.78 is 6.82. The molecule has 0 spiro atoms. The van der Waals surface area contributed by atoms with Crippen molar-refractivity contribution < 1.29 is 14.3 Å². The molecule has 4 aromatic rings. The Bertz CT molecular complexity index is 1510. The van der Waals surface area contributed by atoms with Crippen molar-refractivity contribution >= 4 is 28.4 Å². The van der Waals surface area contributed by atoms with E-state index in [4.69, 9.17) is 16.0 Å². The summed E-state index contributed by atoms with van der Waals surface area (Å²) in [6, 6.07) is 14.3. The summed E-state index contributed by atoms with van der Waals surface area (Å²) in [7, 11) is 0. The maximum absolute atomic E-state index is 13.5. The minimum atomic E-state index is -0.698. The average Bonchev–Trinajstić information content (AvgIpc) is 3.08. The predicted octanol–water partition coefficient (Wildman–Crippen LogP) is 5.03. The molecule has 0 bridgehead atoms. The number of ketones is 1. The molecule has 2 aromatic carbocycles. The molecule has 0 atom stereocenters. The fraction of sp³-hybridized carbons (Fsp3) is 0.160. The van der Waals surface area contributed by atoms with Gasteiger partial charge in [0.1, 0.15) is 17.2 Å². The molecule has 0 aliphatic carbocycles. The molecule has 7 heteroatoms. The standard InChI is InChI=1S/C25H19ClN2O4/c1-13-8-9-17-15(3)23(32-20(17)10-13)22(29)21-14(2)18(11-27)24(30)28(25(21)31)12-16-6-4-5-7-19(16)26/h4-10,31H,12H2,1-3H3. The van der Waals surface area contributed by atoms with Crippen LogP contribution in [0.3, 0.4) is 0 Å². The number of pyridine rings is 1. The fourth-order valence-corrected chi connectivity index (χ4v) is 4.02. The lowest BCUT2D eigenvalue weighted by atomic mass is 9.98. The Morgan fingerprint density at radius 2 is 1.88 bits per heavy atom. The molecule has 4 rings (SSSR count). The first-order valence-electron chi connectivity index (χ1n) is 9.89. The van der Waals surface area contributed by atoms with E-state index in [0.29, 0.717) is 21.7 Å². The van der Waals surface area contributed by atoms with Gasteiger partial charge >= 0.3 is 0 Å². The molecule has 32 heavy (non-hydrogen) atoms. The first-order chi connectivity index (χ1) is 15.2. The summed E-state index contributed by atoms with van der Waals surface area (Å²) >= 11 is 6.22. The lowest BCUT2D eigenvalue weighted by molar-refractivity contribution is 0.101. The zero-order valence-electron chi connectivity index (χ0n) is 17.7. The quantitative estimate of drug-likeness (QED) is 0.443. The van der Waals surface area contributed by atoms with Crippen molar-refractivity contribution in [2.24, 2.45) is 0 Å². The lowest BCUT2D eigenvalue weighted by Crippen LogP contribution is -2.27. The molecule has 2 heterocycles. The first kappa shape index (κ1) is 21.4. The van der Waals surface area contributed by atoms with Crippen molar-refractivity contribution in [1.82, 2.24) is 4.57 Å². The normalized spacial score (nSPS) is 11.0. The molecule has 0 aliphatic heterocycles. The Labute approximate surface area is 188 Å². The minimum Gasteiger partial charge on any atom is -0.494 e. The highest BCUT2D eigenvalue weighted by Crippen LogP contribution is 2.32. The molecule has 0 radical (unpaired) electrons. The molecule has 6 nitrogen and oxygen atoms in total. The van der Waals surface area contributed by atoms with Gasteiger partial charge in [-0.25, -0.2) is 0 Å². The monoisotopic (exact) mass is 446 g/mol. The van der Waals surface area contributed by atoms with E-state index >= 15 is 0 Å². The van der Waals surface area contributed by atoms with E-state index in [0.717, 1.165) is 15.5 Å². The largest absolute Gasteiger partial charge is 0.494 e. The van der Waals surface area contributed by atoms with Crippen molar-refractivity contribution in [3.8, 4) is 11.9 Å². The van der Waals surface area contributed by atoms with E-state index in [-0.39, 0.29) is 29.0 Å². The zero-order valence-corrected chi connectivity index (χ0v) is 18.4.